The fourth-order valence-corrected chi connectivity index (χ4v) is 2.21. The summed E-state index contributed by atoms with van der Waals surface area (Å²) >= 11 is -1.46. The monoisotopic (exact) mass is 234 g/mol. The molecular formula is C9H18N2O3S. The second-order valence-corrected chi connectivity index (χ2v) is 5.63. The summed E-state index contributed by atoms with van der Waals surface area (Å²) in [6.45, 7) is 5.47. The molecule has 0 aromatic rings. The van der Waals surface area contributed by atoms with Crippen LogP contribution in [0.25, 0.3) is 0 Å². The van der Waals surface area contributed by atoms with Gasteiger partial charge in [0.1, 0.15) is 12.2 Å². The highest BCUT2D eigenvalue weighted by Gasteiger charge is 2.41. The van der Waals surface area contributed by atoms with E-state index in [9.17, 15) is 9.35 Å². The van der Waals surface area contributed by atoms with Crippen molar-refractivity contribution in [2.24, 2.45) is 16.5 Å². The molecule has 1 amide bonds. The van der Waals surface area contributed by atoms with Crippen LogP contribution in [0.4, 0.5) is 0 Å². The third kappa shape index (κ3) is 3.71. The Kier molecular flexibility index (Phi) is 5.10. The summed E-state index contributed by atoms with van der Waals surface area (Å²) in [6, 6.07) is 0. The van der Waals surface area contributed by atoms with Crippen molar-refractivity contribution >= 4 is 22.1 Å². The Morgan fingerprint density at radius 1 is 1.53 bits per heavy atom. The third-order valence-corrected chi connectivity index (χ3v) is 2.92. The maximum Gasteiger partial charge on any atom is 0.267 e. The maximum absolute atomic E-state index is 11.6. The van der Waals surface area contributed by atoms with Gasteiger partial charge in [-0.3, -0.25) is 4.79 Å². The Hall–Kier alpha value is -0.750. The standard InChI is InChI=1S/C9H18N2O3S/c1-9(2,3)6(7(12)10-4)8(11-13)15(5)14/h6,13H,1-5H3,(H,10,12)/b11-8-. The summed E-state index contributed by atoms with van der Waals surface area (Å²) in [6.07, 6.45) is 1.39. The normalized spacial score (nSPS) is 17.1. The molecule has 2 unspecified atom stereocenters. The third-order valence-electron chi connectivity index (χ3n) is 2.01. The number of amides is 1. The first-order chi connectivity index (χ1) is 6.75. The second-order valence-electron chi connectivity index (χ2n) is 4.31. The Morgan fingerprint density at radius 3 is 2.20 bits per heavy atom. The van der Waals surface area contributed by atoms with E-state index in [1.807, 2.05) is 20.8 Å². The minimum atomic E-state index is -1.46. The molecule has 0 saturated carbocycles. The quantitative estimate of drug-likeness (QED) is 0.241. The van der Waals surface area contributed by atoms with Gasteiger partial charge in [-0.2, -0.15) is 0 Å². The molecule has 88 valence electrons. The van der Waals surface area contributed by atoms with Gasteiger partial charge in [-0.25, -0.2) is 0 Å². The second kappa shape index (κ2) is 5.37. The van der Waals surface area contributed by atoms with E-state index in [0.717, 1.165) is 0 Å². The number of carbonyl (C=O) groups excluding carboxylic acids is 1. The molecule has 0 rings (SSSR count). The largest absolute Gasteiger partial charge is 0.611 e. The van der Waals surface area contributed by atoms with E-state index in [-0.39, 0.29) is 11.0 Å². The van der Waals surface area contributed by atoms with Crippen LogP contribution in [0.3, 0.4) is 0 Å². The van der Waals surface area contributed by atoms with Gasteiger partial charge in [0.2, 0.25) is 5.91 Å². The molecule has 0 radical (unpaired) electrons. The molecule has 0 saturated heterocycles. The summed E-state index contributed by atoms with van der Waals surface area (Å²) < 4.78 is 11.3. The van der Waals surface area contributed by atoms with E-state index in [4.69, 9.17) is 5.21 Å². The van der Waals surface area contributed by atoms with Crippen molar-refractivity contribution in [1.82, 2.24) is 5.32 Å². The number of oxime groups is 1. The molecule has 0 aliphatic heterocycles. The summed E-state index contributed by atoms with van der Waals surface area (Å²) in [7, 11) is 1.49. The number of nitrogens with one attached hydrogen (secondary N) is 1. The van der Waals surface area contributed by atoms with Crippen molar-refractivity contribution in [3.63, 3.8) is 0 Å². The zero-order valence-corrected chi connectivity index (χ0v) is 10.5. The number of hydrogen-bond donors (Lipinski definition) is 2. The predicted octanol–water partition coefficient (Wildman–Crippen LogP) is 0.561. The van der Waals surface area contributed by atoms with Crippen LogP contribution < -0.4 is 5.32 Å². The summed E-state index contributed by atoms with van der Waals surface area (Å²) in [5, 5.41) is 14.2. The van der Waals surface area contributed by atoms with Gasteiger partial charge < -0.3 is 15.1 Å². The minimum absolute atomic E-state index is 0.00171. The molecule has 5 nitrogen and oxygen atoms in total. The number of rotatable bonds is 2. The molecule has 0 spiro atoms. The Morgan fingerprint density at radius 2 is 2.00 bits per heavy atom. The van der Waals surface area contributed by atoms with Crippen LogP contribution in [0.5, 0.6) is 0 Å². The Labute approximate surface area is 93.1 Å². The number of carbonyl (C=O) groups is 1. The lowest BCUT2D eigenvalue weighted by atomic mass is 9.80. The van der Waals surface area contributed by atoms with Crippen molar-refractivity contribution in [3.8, 4) is 0 Å². The highest BCUT2D eigenvalue weighted by Crippen LogP contribution is 2.29. The van der Waals surface area contributed by atoms with Crippen LogP contribution >= 0.6 is 0 Å². The summed E-state index contributed by atoms with van der Waals surface area (Å²) in [5.41, 5.74) is -0.451. The van der Waals surface area contributed by atoms with Crippen LogP contribution in [-0.2, 0) is 16.0 Å². The molecule has 2 N–H and O–H groups in total. The topological polar surface area (TPSA) is 84.8 Å². The van der Waals surface area contributed by atoms with Crippen LogP contribution in [0.2, 0.25) is 0 Å². The average Bonchev–Trinajstić information content (AvgIpc) is 2.10. The lowest BCUT2D eigenvalue weighted by Crippen LogP contribution is -2.44. The SMILES string of the molecule is CNC(=O)C(/C(=N/O)[S+](C)[O-])C(C)(C)C. The van der Waals surface area contributed by atoms with Crippen LogP contribution in [-0.4, -0.2) is 34.0 Å². The molecule has 0 bridgehead atoms. The summed E-state index contributed by atoms with van der Waals surface area (Å²) in [5.74, 6) is -0.996. The van der Waals surface area contributed by atoms with Crippen molar-refractivity contribution in [3.05, 3.63) is 0 Å². The van der Waals surface area contributed by atoms with Crippen LogP contribution in [0, 0.1) is 11.3 Å². The zero-order valence-electron chi connectivity index (χ0n) is 9.70. The van der Waals surface area contributed by atoms with Gasteiger partial charge >= 0.3 is 0 Å². The molecule has 0 aromatic heterocycles. The van der Waals surface area contributed by atoms with Gasteiger partial charge in [0.15, 0.2) is 0 Å². The lowest BCUT2D eigenvalue weighted by Gasteiger charge is -2.28. The van der Waals surface area contributed by atoms with Crippen molar-refractivity contribution < 1.29 is 14.6 Å². The number of nitrogens with zero attached hydrogens (tertiary/aromatic N) is 1. The Bertz CT molecular complexity index is 259. The van der Waals surface area contributed by atoms with Crippen molar-refractivity contribution in [1.29, 1.82) is 0 Å². The first-order valence-corrected chi connectivity index (χ1v) is 6.08. The molecule has 15 heavy (non-hydrogen) atoms. The molecule has 0 aliphatic carbocycles. The first-order valence-electron chi connectivity index (χ1n) is 4.52. The Balaban J connectivity index is 5.20. The van der Waals surface area contributed by atoms with Gasteiger partial charge in [-0.05, 0) is 10.6 Å². The van der Waals surface area contributed by atoms with E-state index >= 15 is 0 Å². The predicted molar refractivity (Wildman–Crippen MR) is 60.3 cm³/mol. The van der Waals surface area contributed by atoms with Crippen molar-refractivity contribution in [2.75, 3.05) is 13.3 Å². The molecule has 0 heterocycles. The van der Waals surface area contributed by atoms with Crippen LogP contribution in [0.15, 0.2) is 5.16 Å². The highest BCUT2D eigenvalue weighted by atomic mass is 32.2. The highest BCUT2D eigenvalue weighted by molar-refractivity contribution is 8.05. The maximum atomic E-state index is 11.6. The molecule has 6 heteroatoms. The fourth-order valence-electron chi connectivity index (χ4n) is 1.30. The van der Waals surface area contributed by atoms with E-state index in [1.165, 1.54) is 13.3 Å². The van der Waals surface area contributed by atoms with E-state index in [2.05, 4.69) is 10.5 Å². The molecule has 0 fully saturated rings. The van der Waals surface area contributed by atoms with Gasteiger partial charge in [0, 0.05) is 18.2 Å². The van der Waals surface area contributed by atoms with Gasteiger partial charge in [-0.15, -0.1) is 0 Å². The van der Waals surface area contributed by atoms with Gasteiger partial charge in [-0.1, -0.05) is 20.8 Å². The van der Waals surface area contributed by atoms with Gasteiger partial charge in [0.05, 0.1) is 0 Å². The molecule has 0 aromatic carbocycles. The number of hydrogen-bond acceptors (Lipinski definition) is 4. The van der Waals surface area contributed by atoms with Gasteiger partial charge in [0.25, 0.3) is 5.04 Å². The minimum Gasteiger partial charge on any atom is -0.611 e. The van der Waals surface area contributed by atoms with E-state index in [1.54, 1.807) is 0 Å². The summed E-state index contributed by atoms with van der Waals surface area (Å²) in [4.78, 5) is 11.6. The van der Waals surface area contributed by atoms with Crippen molar-refractivity contribution in [2.45, 2.75) is 20.8 Å². The van der Waals surface area contributed by atoms with E-state index < -0.39 is 22.5 Å². The average molecular weight is 234 g/mol. The van der Waals surface area contributed by atoms with Crippen LogP contribution in [0.1, 0.15) is 20.8 Å². The smallest absolute Gasteiger partial charge is 0.267 e. The molecule has 2 atom stereocenters. The zero-order chi connectivity index (χ0) is 12.2. The fraction of sp³-hybridized carbons (Fsp3) is 0.778. The first kappa shape index (κ1) is 14.2. The lowest BCUT2D eigenvalue weighted by molar-refractivity contribution is -0.124. The molecule has 0 aliphatic rings. The van der Waals surface area contributed by atoms with E-state index in [0.29, 0.717) is 0 Å². The molecular weight excluding hydrogens is 216 g/mol.